The summed E-state index contributed by atoms with van der Waals surface area (Å²) in [6.07, 6.45) is 4.84. The number of carbonyl (C=O) groups excluding carboxylic acids is 2. The Bertz CT molecular complexity index is 1060. The third-order valence-corrected chi connectivity index (χ3v) is 10.0. The average molecular weight is 525 g/mol. The zero-order chi connectivity index (χ0) is 24.8. The number of piperidine rings is 1. The number of morpholine rings is 1. The monoisotopic (exact) mass is 524 g/mol. The van der Waals surface area contributed by atoms with E-state index in [0.717, 1.165) is 25.7 Å². The van der Waals surface area contributed by atoms with Crippen LogP contribution in [0.5, 0.6) is 0 Å². The van der Waals surface area contributed by atoms with Crippen LogP contribution in [-0.2, 0) is 24.3 Å². The molecular formula is C25H33ClN2O6S. The van der Waals surface area contributed by atoms with Crippen LogP contribution in [0.15, 0.2) is 29.2 Å². The highest BCUT2D eigenvalue weighted by atomic mass is 35.5. The van der Waals surface area contributed by atoms with Gasteiger partial charge in [-0.25, -0.2) is 13.2 Å². The van der Waals surface area contributed by atoms with Crippen molar-refractivity contribution >= 4 is 33.5 Å². The number of hydrogen-bond acceptors (Lipinski definition) is 6. The van der Waals surface area contributed by atoms with E-state index in [1.54, 1.807) is 28.3 Å². The first-order valence-electron chi connectivity index (χ1n) is 12.5. The number of Topliss-reactive ketones (excluding diaryl/α,β-unsaturated/α-hetero) is 1. The Hall–Kier alpha value is -1.68. The molecule has 2 heterocycles. The van der Waals surface area contributed by atoms with E-state index in [0.29, 0.717) is 49.9 Å². The number of amides is 1. The average Bonchev–Trinajstić information content (AvgIpc) is 3.75. The highest BCUT2D eigenvalue weighted by Crippen LogP contribution is 2.50. The maximum absolute atomic E-state index is 13.9. The van der Waals surface area contributed by atoms with E-state index in [2.05, 4.69) is 0 Å². The Morgan fingerprint density at radius 2 is 1.74 bits per heavy atom. The molecule has 1 amide bonds. The summed E-state index contributed by atoms with van der Waals surface area (Å²) in [7, 11) is -3.85. The normalized spacial score (nSPS) is 27.4. The maximum Gasteiger partial charge on any atom is 0.410 e. The Balaban J connectivity index is 1.34. The molecule has 0 spiro atoms. The van der Waals surface area contributed by atoms with Crippen molar-refractivity contribution in [3.63, 3.8) is 0 Å². The minimum atomic E-state index is -3.85. The second-order valence-corrected chi connectivity index (χ2v) is 12.8. The maximum atomic E-state index is 13.9. The van der Waals surface area contributed by atoms with Crippen LogP contribution in [0.1, 0.15) is 51.9 Å². The summed E-state index contributed by atoms with van der Waals surface area (Å²) in [6.45, 7) is 3.24. The van der Waals surface area contributed by atoms with Crippen molar-refractivity contribution in [3.05, 3.63) is 29.3 Å². The number of nitrogens with zero attached hydrogens (tertiary/aromatic N) is 2. The quantitative estimate of drug-likeness (QED) is 0.537. The van der Waals surface area contributed by atoms with Gasteiger partial charge in [0.1, 0.15) is 11.4 Å². The highest BCUT2D eigenvalue weighted by Gasteiger charge is 2.61. The van der Waals surface area contributed by atoms with E-state index in [1.807, 2.05) is 0 Å². The van der Waals surface area contributed by atoms with E-state index in [4.69, 9.17) is 21.1 Å². The lowest BCUT2D eigenvalue weighted by Gasteiger charge is -2.44. The molecule has 0 unspecified atom stereocenters. The van der Waals surface area contributed by atoms with Crippen molar-refractivity contribution in [2.45, 2.75) is 74.4 Å². The van der Waals surface area contributed by atoms with Gasteiger partial charge in [-0.2, -0.15) is 4.31 Å². The van der Waals surface area contributed by atoms with Crippen LogP contribution in [-0.4, -0.2) is 73.5 Å². The van der Waals surface area contributed by atoms with Gasteiger partial charge in [0.25, 0.3) is 0 Å². The van der Waals surface area contributed by atoms with Gasteiger partial charge in [-0.3, -0.25) is 0 Å². The number of hydrogen-bond donors (Lipinski definition) is 0. The van der Waals surface area contributed by atoms with Crippen molar-refractivity contribution in [2.75, 3.05) is 26.3 Å². The number of likely N-dealkylation sites (tertiary alicyclic amines) is 1. The van der Waals surface area contributed by atoms with Crippen LogP contribution >= 0.6 is 11.6 Å². The molecule has 2 atom stereocenters. The van der Waals surface area contributed by atoms with Gasteiger partial charge in [-0.15, -0.1) is 0 Å². The van der Waals surface area contributed by atoms with E-state index < -0.39 is 27.8 Å². The first kappa shape index (κ1) is 25.0. The number of ether oxygens (including phenoxy) is 2. The van der Waals surface area contributed by atoms with E-state index in [9.17, 15) is 18.0 Å². The summed E-state index contributed by atoms with van der Waals surface area (Å²) in [6, 6.07) is 5.39. The molecule has 2 aliphatic heterocycles. The Morgan fingerprint density at radius 1 is 1.09 bits per heavy atom. The Labute approximate surface area is 211 Å². The molecule has 4 aliphatic rings. The van der Waals surface area contributed by atoms with Crippen molar-refractivity contribution in [1.82, 2.24) is 9.21 Å². The molecule has 1 aromatic rings. The van der Waals surface area contributed by atoms with Crippen LogP contribution in [0.2, 0.25) is 5.02 Å². The van der Waals surface area contributed by atoms with Crippen LogP contribution in [0.3, 0.4) is 0 Å². The SMILES string of the molecule is CC(=O)CC1CCN(C(=O)OC2([C@H]3COC[C@@H](C4CC4)N3S(=O)(=O)c3ccc(Cl)cc3)CC2)CC1. The topological polar surface area (TPSA) is 93.2 Å². The molecule has 35 heavy (non-hydrogen) atoms. The molecule has 2 saturated carbocycles. The van der Waals surface area contributed by atoms with Gasteiger partial charge in [-0.1, -0.05) is 11.6 Å². The lowest BCUT2D eigenvalue weighted by molar-refractivity contribution is -0.118. The second kappa shape index (κ2) is 9.65. The fourth-order valence-corrected chi connectivity index (χ4v) is 7.58. The smallest absolute Gasteiger partial charge is 0.410 e. The zero-order valence-electron chi connectivity index (χ0n) is 20.0. The first-order chi connectivity index (χ1) is 16.7. The number of carbonyl (C=O) groups is 2. The van der Waals surface area contributed by atoms with Crippen molar-refractivity contribution in [3.8, 4) is 0 Å². The molecule has 0 aromatic heterocycles. The molecule has 5 rings (SSSR count). The largest absolute Gasteiger partial charge is 0.441 e. The molecule has 0 N–H and O–H groups in total. The van der Waals surface area contributed by atoms with E-state index >= 15 is 0 Å². The fraction of sp³-hybridized carbons (Fsp3) is 0.680. The van der Waals surface area contributed by atoms with Gasteiger partial charge in [-0.05, 0) is 81.5 Å². The number of halogens is 1. The summed E-state index contributed by atoms with van der Waals surface area (Å²) in [5.74, 6) is 0.733. The first-order valence-corrected chi connectivity index (χ1v) is 14.4. The van der Waals surface area contributed by atoms with Gasteiger partial charge in [0.15, 0.2) is 0 Å². The minimum Gasteiger partial charge on any atom is -0.441 e. The van der Waals surface area contributed by atoms with Gasteiger partial charge < -0.3 is 19.2 Å². The molecule has 4 fully saturated rings. The molecule has 192 valence electrons. The summed E-state index contributed by atoms with van der Waals surface area (Å²) >= 11 is 6.01. The molecular weight excluding hydrogens is 492 g/mol. The van der Waals surface area contributed by atoms with Gasteiger partial charge in [0.05, 0.1) is 30.2 Å². The van der Waals surface area contributed by atoms with Crippen molar-refractivity contribution < 1.29 is 27.5 Å². The van der Waals surface area contributed by atoms with Gasteiger partial charge in [0, 0.05) is 24.5 Å². The molecule has 0 radical (unpaired) electrons. The standard InChI is InChI=1S/C25H33ClN2O6S/c1-17(29)14-18-8-12-27(13-9-18)24(30)34-25(10-11-25)23-16-33-15-22(19-2-3-19)28(23)35(31,32)21-6-4-20(26)5-7-21/h4-7,18-19,22-23H,2-3,8-16H2,1H3/t22-,23+/m0/s1. The fourth-order valence-electron chi connectivity index (χ4n) is 5.55. The van der Waals surface area contributed by atoms with Crippen LogP contribution < -0.4 is 0 Å². The van der Waals surface area contributed by atoms with E-state index in [1.165, 1.54) is 12.1 Å². The summed E-state index contributed by atoms with van der Waals surface area (Å²) in [5.41, 5.74) is -0.875. The molecule has 1 aromatic carbocycles. The molecule has 8 nitrogen and oxygen atoms in total. The minimum absolute atomic E-state index is 0.174. The van der Waals surface area contributed by atoms with Crippen LogP contribution in [0.25, 0.3) is 0 Å². The summed E-state index contributed by atoms with van der Waals surface area (Å²) in [5, 5.41) is 0.473. The van der Waals surface area contributed by atoms with E-state index in [-0.39, 0.29) is 29.2 Å². The van der Waals surface area contributed by atoms with Crippen molar-refractivity contribution in [2.24, 2.45) is 11.8 Å². The molecule has 0 bridgehead atoms. The highest BCUT2D eigenvalue weighted by molar-refractivity contribution is 7.89. The second-order valence-electron chi connectivity index (χ2n) is 10.5. The molecule has 2 aliphatic carbocycles. The number of sulfonamides is 1. The number of rotatable bonds is 7. The molecule has 2 saturated heterocycles. The number of ketones is 1. The third-order valence-electron chi connectivity index (χ3n) is 7.84. The lowest BCUT2D eigenvalue weighted by atomic mass is 9.92. The van der Waals surface area contributed by atoms with Gasteiger partial charge >= 0.3 is 6.09 Å². The van der Waals surface area contributed by atoms with Crippen LogP contribution in [0, 0.1) is 11.8 Å². The van der Waals surface area contributed by atoms with Gasteiger partial charge in [0.2, 0.25) is 10.0 Å². The molecule has 10 heteroatoms. The Morgan fingerprint density at radius 3 is 2.31 bits per heavy atom. The van der Waals surface area contributed by atoms with Crippen molar-refractivity contribution in [1.29, 1.82) is 0 Å². The predicted octanol–water partition coefficient (Wildman–Crippen LogP) is 3.87. The number of benzene rings is 1. The lowest BCUT2D eigenvalue weighted by Crippen LogP contribution is -2.61. The third kappa shape index (κ3) is 5.24. The summed E-state index contributed by atoms with van der Waals surface area (Å²) in [4.78, 5) is 26.4. The van der Waals surface area contributed by atoms with Crippen LogP contribution in [0.4, 0.5) is 4.79 Å². The zero-order valence-corrected chi connectivity index (χ0v) is 21.6. The predicted molar refractivity (Wildman–Crippen MR) is 130 cm³/mol. The Kier molecular flexibility index (Phi) is 6.89. The summed E-state index contributed by atoms with van der Waals surface area (Å²) < 4.78 is 41.4.